The van der Waals surface area contributed by atoms with Crippen molar-refractivity contribution in [2.45, 2.75) is 39.5 Å². The third-order valence-electron chi connectivity index (χ3n) is 6.01. The zero-order chi connectivity index (χ0) is 32.6. The summed E-state index contributed by atoms with van der Waals surface area (Å²) < 4.78 is 17.2. The SMILES string of the molecule is [C-]#[N+]/C(=C\c1nc2ccc(N(C)CCOC(=O)NCc3ccc(COc4cc(Cl)nc(N)n4)cc3)cc2s1)C(=O)OC(C)(C)C. The summed E-state index contributed by atoms with van der Waals surface area (Å²) in [7, 11) is 1.89. The predicted molar refractivity (Wildman–Crippen MR) is 174 cm³/mol. The first-order valence-electron chi connectivity index (χ1n) is 13.7. The van der Waals surface area contributed by atoms with Gasteiger partial charge < -0.3 is 30.2 Å². The number of anilines is 2. The highest BCUT2D eigenvalue weighted by molar-refractivity contribution is 7.19. The van der Waals surface area contributed by atoms with Crippen molar-refractivity contribution in [3.05, 3.63) is 86.9 Å². The molecule has 45 heavy (non-hydrogen) atoms. The number of carbonyl (C=O) groups excluding carboxylic acids is 2. The summed E-state index contributed by atoms with van der Waals surface area (Å²) in [5, 5.41) is 3.48. The van der Waals surface area contributed by atoms with E-state index in [1.54, 1.807) is 20.8 Å². The molecule has 2 aromatic carbocycles. The third kappa shape index (κ3) is 10.1. The number of esters is 1. The minimum absolute atomic E-state index is 0.0356. The van der Waals surface area contributed by atoms with Crippen LogP contribution in [0.1, 0.15) is 36.9 Å². The molecule has 2 heterocycles. The lowest BCUT2D eigenvalue weighted by atomic mass is 10.1. The predicted octanol–water partition coefficient (Wildman–Crippen LogP) is 5.87. The first-order chi connectivity index (χ1) is 21.4. The molecule has 12 nitrogen and oxygen atoms in total. The van der Waals surface area contributed by atoms with Crippen molar-refractivity contribution in [1.29, 1.82) is 0 Å². The Labute approximate surface area is 269 Å². The highest BCUT2D eigenvalue weighted by atomic mass is 35.5. The Hall–Kier alpha value is -4.93. The van der Waals surface area contributed by atoms with Crippen LogP contribution < -0.4 is 20.7 Å². The molecule has 3 N–H and O–H groups in total. The summed E-state index contributed by atoms with van der Waals surface area (Å²) in [4.78, 5) is 42.1. The van der Waals surface area contributed by atoms with E-state index >= 15 is 0 Å². The van der Waals surface area contributed by atoms with Gasteiger partial charge in [0.15, 0.2) is 0 Å². The number of nitrogens with two attached hydrogens (primary N) is 1. The average Bonchev–Trinajstić information content (AvgIpc) is 3.38. The standard InChI is InChI=1S/C31H32ClN7O5S/c1-31(2,3)44-28(40)23(34-4)15-27-36-22-11-10-21(14-24(22)45-27)39(5)12-13-42-30(41)35-17-19-6-8-20(9-7-19)18-43-26-16-25(32)37-29(33)38-26/h6-11,14-16H,12-13,17-18H2,1-3,5H3,(H,35,41)(H2,33,37,38)/b23-15-. The van der Waals surface area contributed by atoms with Crippen molar-refractivity contribution in [2.24, 2.45) is 0 Å². The number of likely N-dealkylation sites (N-methyl/N-ethyl adjacent to an activating group) is 1. The molecule has 234 valence electrons. The molecule has 0 aliphatic heterocycles. The summed E-state index contributed by atoms with van der Waals surface area (Å²) in [5.41, 5.74) is 8.18. The molecule has 0 saturated carbocycles. The fraction of sp³-hybridized carbons (Fsp3) is 0.290. The molecule has 0 aliphatic carbocycles. The summed E-state index contributed by atoms with van der Waals surface area (Å²) in [6, 6.07) is 14.7. The number of alkyl carbamates (subject to hydrolysis) is 1. The molecule has 0 spiro atoms. The second-order valence-electron chi connectivity index (χ2n) is 10.8. The topological polar surface area (TPSA) is 146 Å². The lowest BCUT2D eigenvalue weighted by Crippen LogP contribution is -2.28. The summed E-state index contributed by atoms with van der Waals surface area (Å²) in [5.74, 6) is -0.364. The van der Waals surface area contributed by atoms with E-state index in [1.807, 2.05) is 54.4 Å². The molecule has 0 radical (unpaired) electrons. The number of hydrogen-bond donors (Lipinski definition) is 2. The number of thiazole rings is 1. The van der Waals surface area contributed by atoms with Gasteiger partial charge >= 0.3 is 12.1 Å². The highest BCUT2D eigenvalue weighted by Crippen LogP contribution is 2.28. The normalized spacial score (nSPS) is 11.5. The number of nitrogens with zero attached hydrogens (tertiary/aromatic N) is 5. The monoisotopic (exact) mass is 649 g/mol. The summed E-state index contributed by atoms with van der Waals surface area (Å²) in [6.45, 7) is 13.8. The second-order valence-corrected chi connectivity index (χ2v) is 12.2. The Morgan fingerprint density at radius 1 is 1.11 bits per heavy atom. The Bertz CT molecular complexity index is 1730. The van der Waals surface area contributed by atoms with Gasteiger partial charge in [-0.05, 0) is 56.2 Å². The lowest BCUT2D eigenvalue weighted by Gasteiger charge is -2.19. The largest absolute Gasteiger partial charge is 0.473 e. The molecule has 4 aromatic rings. The van der Waals surface area contributed by atoms with Crippen molar-refractivity contribution in [1.82, 2.24) is 20.3 Å². The van der Waals surface area contributed by atoms with E-state index in [0.29, 0.717) is 18.1 Å². The van der Waals surface area contributed by atoms with E-state index in [9.17, 15) is 9.59 Å². The number of amides is 1. The van der Waals surface area contributed by atoms with Crippen LogP contribution in [0.2, 0.25) is 5.15 Å². The number of rotatable bonds is 11. The highest BCUT2D eigenvalue weighted by Gasteiger charge is 2.21. The van der Waals surface area contributed by atoms with Gasteiger partial charge in [-0.3, -0.25) is 4.79 Å². The Morgan fingerprint density at radius 3 is 2.53 bits per heavy atom. The number of nitrogens with one attached hydrogen (secondary N) is 1. The van der Waals surface area contributed by atoms with Crippen molar-refractivity contribution in [2.75, 3.05) is 30.8 Å². The number of aromatic nitrogens is 3. The lowest BCUT2D eigenvalue weighted by molar-refractivity contribution is -0.149. The van der Waals surface area contributed by atoms with E-state index in [-0.39, 0.29) is 35.9 Å². The van der Waals surface area contributed by atoms with Crippen LogP contribution in [-0.4, -0.2) is 52.8 Å². The van der Waals surface area contributed by atoms with Crippen LogP contribution in [0.4, 0.5) is 16.4 Å². The van der Waals surface area contributed by atoms with Crippen molar-refractivity contribution in [3.63, 3.8) is 0 Å². The Balaban J connectivity index is 1.22. The molecule has 2 aromatic heterocycles. The quantitative estimate of drug-likeness (QED) is 0.0876. The number of hydrogen-bond acceptors (Lipinski definition) is 11. The third-order valence-corrected chi connectivity index (χ3v) is 7.17. The minimum Gasteiger partial charge on any atom is -0.473 e. The number of nitrogen functional groups attached to an aromatic ring is 1. The fourth-order valence-corrected chi connectivity index (χ4v) is 4.96. The first-order valence-corrected chi connectivity index (χ1v) is 14.9. The number of halogens is 1. The number of fused-ring (bicyclic) bond motifs is 1. The first kappa shape index (κ1) is 33.0. The van der Waals surface area contributed by atoms with Crippen molar-refractivity contribution < 1.29 is 23.8 Å². The maximum absolute atomic E-state index is 12.3. The molecule has 4 rings (SSSR count). The summed E-state index contributed by atoms with van der Waals surface area (Å²) in [6.07, 6.45) is 0.920. The van der Waals surface area contributed by atoms with Gasteiger partial charge in [0, 0.05) is 25.3 Å². The summed E-state index contributed by atoms with van der Waals surface area (Å²) >= 11 is 7.23. The van der Waals surface area contributed by atoms with Crippen LogP contribution in [-0.2, 0) is 27.4 Å². The van der Waals surface area contributed by atoms with Gasteiger partial charge in [-0.15, -0.1) is 11.3 Å². The van der Waals surface area contributed by atoms with Gasteiger partial charge in [0.1, 0.15) is 29.0 Å². The number of ether oxygens (including phenoxy) is 3. The minimum atomic E-state index is -0.700. The van der Waals surface area contributed by atoms with E-state index in [4.69, 9.17) is 38.1 Å². The molecule has 1 amide bonds. The zero-order valence-electron chi connectivity index (χ0n) is 25.2. The fourth-order valence-electron chi connectivity index (χ4n) is 3.84. The van der Waals surface area contributed by atoms with Gasteiger partial charge in [0.05, 0.1) is 23.3 Å². The van der Waals surface area contributed by atoms with E-state index in [0.717, 1.165) is 27.0 Å². The maximum Gasteiger partial charge on any atom is 0.407 e. The van der Waals surface area contributed by atoms with Crippen LogP contribution in [0.15, 0.2) is 54.2 Å². The van der Waals surface area contributed by atoms with Gasteiger partial charge in [-0.2, -0.15) is 4.98 Å². The van der Waals surface area contributed by atoms with Crippen molar-refractivity contribution >= 4 is 62.9 Å². The van der Waals surface area contributed by atoms with Crippen LogP contribution in [0.5, 0.6) is 5.88 Å². The number of benzene rings is 2. The zero-order valence-corrected chi connectivity index (χ0v) is 26.7. The van der Waals surface area contributed by atoms with E-state index < -0.39 is 17.7 Å². The maximum atomic E-state index is 12.3. The second kappa shape index (κ2) is 14.7. The van der Waals surface area contributed by atoms with Crippen molar-refractivity contribution in [3.8, 4) is 5.88 Å². The smallest absolute Gasteiger partial charge is 0.407 e. The van der Waals surface area contributed by atoms with Gasteiger partial charge in [0.2, 0.25) is 11.8 Å². The van der Waals surface area contributed by atoms with Crippen LogP contribution >= 0.6 is 22.9 Å². The average molecular weight is 650 g/mol. The molecule has 0 fully saturated rings. The van der Waals surface area contributed by atoms with Crippen LogP contribution in [0, 0.1) is 6.57 Å². The van der Waals surface area contributed by atoms with E-state index in [1.165, 1.54) is 23.5 Å². The molecular weight excluding hydrogens is 618 g/mol. The molecule has 0 saturated heterocycles. The Kier molecular flexibility index (Phi) is 10.8. The Morgan fingerprint density at radius 2 is 1.84 bits per heavy atom. The molecule has 0 bridgehead atoms. The van der Waals surface area contributed by atoms with Crippen LogP contribution in [0.25, 0.3) is 21.1 Å². The number of carbonyl (C=O) groups is 2. The van der Waals surface area contributed by atoms with Gasteiger partial charge in [-0.25, -0.2) is 19.6 Å². The van der Waals surface area contributed by atoms with Crippen LogP contribution in [0.3, 0.4) is 0 Å². The van der Waals surface area contributed by atoms with E-state index in [2.05, 4.69) is 25.1 Å². The van der Waals surface area contributed by atoms with Gasteiger partial charge in [0.25, 0.3) is 5.70 Å². The molecule has 0 unspecified atom stereocenters. The molecular formula is C31H32ClN7O5S. The van der Waals surface area contributed by atoms with Gasteiger partial charge in [-0.1, -0.05) is 35.9 Å². The molecule has 0 atom stereocenters. The molecule has 14 heteroatoms. The molecule has 0 aliphatic rings.